The van der Waals surface area contributed by atoms with E-state index in [4.69, 9.17) is 0 Å². The zero-order chi connectivity index (χ0) is 17.8. The second-order valence-corrected chi connectivity index (χ2v) is 6.54. The number of imidazole rings is 1. The molecule has 2 aromatic rings. The average molecular weight is 345 g/mol. The molecule has 8 nitrogen and oxygen atoms in total. The Labute approximate surface area is 148 Å². The molecule has 0 unspecified atom stereocenters. The molecule has 136 valence electrons. The minimum Gasteiger partial charge on any atom is -0.358 e. The SMILES string of the molecule is CCn1c(Cn2ccnc2C)nnc1C1CCN(CC(=O)NC)CC1. The first kappa shape index (κ1) is 17.6. The van der Waals surface area contributed by atoms with Crippen molar-refractivity contribution in [3.05, 3.63) is 29.9 Å². The third-order valence-electron chi connectivity index (χ3n) is 5.01. The minimum atomic E-state index is 0.0770. The Kier molecular flexibility index (Phi) is 5.47. The summed E-state index contributed by atoms with van der Waals surface area (Å²) >= 11 is 0. The number of hydrogen-bond donors (Lipinski definition) is 1. The molecule has 0 aliphatic carbocycles. The van der Waals surface area contributed by atoms with E-state index in [2.05, 4.69) is 41.5 Å². The molecule has 0 bridgehead atoms. The summed E-state index contributed by atoms with van der Waals surface area (Å²) in [5.41, 5.74) is 0. The molecule has 0 atom stereocenters. The predicted molar refractivity (Wildman–Crippen MR) is 94.2 cm³/mol. The zero-order valence-corrected chi connectivity index (χ0v) is 15.3. The van der Waals surface area contributed by atoms with Crippen molar-refractivity contribution in [1.82, 2.24) is 34.5 Å². The predicted octanol–water partition coefficient (Wildman–Crippen LogP) is 0.777. The fourth-order valence-electron chi connectivity index (χ4n) is 3.47. The maximum Gasteiger partial charge on any atom is 0.233 e. The Morgan fingerprint density at radius 2 is 2.08 bits per heavy atom. The number of aromatic nitrogens is 5. The molecule has 1 saturated heterocycles. The van der Waals surface area contributed by atoms with Crippen LogP contribution >= 0.6 is 0 Å². The summed E-state index contributed by atoms with van der Waals surface area (Å²) in [5.74, 6) is 3.52. The second-order valence-electron chi connectivity index (χ2n) is 6.54. The van der Waals surface area contributed by atoms with Gasteiger partial charge in [0.2, 0.25) is 5.91 Å². The van der Waals surface area contributed by atoms with Gasteiger partial charge in [0.25, 0.3) is 0 Å². The van der Waals surface area contributed by atoms with Crippen molar-refractivity contribution in [3.63, 3.8) is 0 Å². The van der Waals surface area contributed by atoms with Crippen molar-refractivity contribution in [1.29, 1.82) is 0 Å². The lowest BCUT2D eigenvalue weighted by atomic mass is 9.96. The number of nitrogens with zero attached hydrogens (tertiary/aromatic N) is 6. The summed E-state index contributed by atoms with van der Waals surface area (Å²) < 4.78 is 4.32. The van der Waals surface area contributed by atoms with Crippen LogP contribution in [-0.2, 0) is 17.9 Å². The molecule has 1 amide bonds. The Bertz CT molecular complexity index is 712. The lowest BCUT2D eigenvalue weighted by Gasteiger charge is -2.31. The van der Waals surface area contributed by atoms with E-state index in [1.165, 1.54) is 0 Å². The molecule has 1 fully saturated rings. The molecule has 0 spiro atoms. The molecule has 2 aromatic heterocycles. The van der Waals surface area contributed by atoms with Gasteiger partial charge in [-0.25, -0.2) is 4.98 Å². The Balaban J connectivity index is 1.67. The molecule has 0 radical (unpaired) electrons. The molecule has 0 saturated carbocycles. The molecule has 3 heterocycles. The van der Waals surface area contributed by atoms with Crippen LogP contribution in [0.3, 0.4) is 0 Å². The Morgan fingerprint density at radius 1 is 1.32 bits per heavy atom. The highest BCUT2D eigenvalue weighted by molar-refractivity contribution is 5.77. The number of hydrogen-bond acceptors (Lipinski definition) is 5. The minimum absolute atomic E-state index is 0.0770. The van der Waals surface area contributed by atoms with Gasteiger partial charge in [-0.1, -0.05) is 0 Å². The highest BCUT2D eigenvalue weighted by Crippen LogP contribution is 2.27. The van der Waals surface area contributed by atoms with Gasteiger partial charge in [-0.2, -0.15) is 0 Å². The highest BCUT2D eigenvalue weighted by atomic mass is 16.1. The summed E-state index contributed by atoms with van der Waals surface area (Å²) in [6, 6.07) is 0. The van der Waals surface area contributed by atoms with Crippen molar-refractivity contribution in [3.8, 4) is 0 Å². The maximum atomic E-state index is 11.5. The third-order valence-corrected chi connectivity index (χ3v) is 5.01. The van der Waals surface area contributed by atoms with Crippen molar-refractivity contribution in [2.24, 2.45) is 0 Å². The third kappa shape index (κ3) is 3.89. The van der Waals surface area contributed by atoms with E-state index < -0.39 is 0 Å². The van der Waals surface area contributed by atoms with Crippen LogP contribution in [0.15, 0.2) is 12.4 Å². The van der Waals surface area contributed by atoms with E-state index in [0.717, 1.165) is 49.9 Å². The van der Waals surface area contributed by atoms with Crippen LogP contribution < -0.4 is 5.32 Å². The fourth-order valence-corrected chi connectivity index (χ4v) is 3.47. The summed E-state index contributed by atoms with van der Waals surface area (Å²) in [5, 5.41) is 11.6. The number of rotatable bonds is 6. The summed E-state index contributed by atoms with van der Waals surface area (Å²) in [6.07, 6.45) is 5.81. The first-order valence-corrected chi connectivity index (χ1v) is 8.95. The van der Waals surface area contributed by atoms with E-state index in [9.17, 15) is 4.79 Å². The van der Waals surface area contributed by atoms with Gasteiger partial charge in [-0.3, -0.25) is 9.69 Å². The van der Waals surface area contributed by atoms with Crippen LogP contribution in [0.4, 0.5) is 0 Å². The normalized spacial score (nSPS) is 16.3. The number of aryl methyl sites for hydroxylation is 1. The van der Waals surface area contributed by atoms with Crippen LogP contribution in [0.5, 0.6) is 0 Å². The van der Waals surface area contributed by atoms with Gasteiger partial charge in [0, 0.05) is 31.9 Å². The number of nitrogens with one attached hydrogen (secondary N) is 1. The average Bonchev–Trinajstić information content (AvgIpc) is 3.22. The van der Waals surface area contributed by atoms with E-state index in [-0.39, 0.29) is 5.91 Å². The molecule has 25 heavy (non-hydrogen) atoms. The topological polar surface area (TPSA) is 80.9 Å². The zero-order valence-electron chi connectivity index (χ0n) is 15.3. The fraction of sp³-hybridized carbons (Fsp3) is 0.647. The molecule has 1 N–H and O–H groups in total. The quantitative estimate of drug-likeness (QED) is 0.837. The highest BCUT2D eigenvalue weighted by Gasteiger charge is 2.26. The monoisotopic (exact) mass is 345 g/mol. The standard InChI is InChI=1S/C17H27N7O/c1-4-24-15(11-23-10-7-19-13(23)2)20-21-17(24)14-5-8-22(9-6-14)12-16(25)18-3/h7,10,14H,4-6,8-9,11-12H2,1-3H3,(H,18,25). The molecular formula is C17H27N7O. The number of carbonyl (C=O) groups excluding carboxylic acids is 1. The van der Waals surface area contributed by atoms with Gasteiger partial charge in [0.05, 0.1) is 13.1 Å². The van der Waals surface area contributed by atoms with Crippen LogP contribution in [0, 0.1) is 6.92 Å². The molecule has 1 aliphatic heterocycles. The van der Waals surface area contributed by atoms with E-state index in [0.29, 0.717) is 19.0 Å². The van der Waals surface area contributed by atoms with Gasteiger partial charge in [-0.15, -0.1) is 10.2 Å². The summed E-state index contributed by atoms with van der Waals surface area (Å²) in [6.45, 7) is 8.02. The second kappa shape index (κ2) is 7.77. The Morgan fingerprint density at radius 3 is 2.68 bits per heavy atom. The van der Waals surface area contributed by atoms with Gasteiger partial charge in [-0.05, 0) is 39.8 Å². The van der Waals surface area contributed by atoms with Gasteiger partial charge in [0.1, 0.15) is 11.6 Å². The first-order valence-electron chi connectivity index (χ1n) is 8.95. The van der Waals surface area contributed by atoms with E-state index in [1.807, 2.05) is 19.3 Å². The van der Waals surface area contributed by atoms with Crippen LogP contribution in [0.2, 0.25) is 0 Å². The van der Waals surface area contributed by atoms with Crippen molar-refractivity contribution < 1.29 is 4.79 Å². The number of carbonyl (C=O) groups is 1. The van der Waals surface area contributed by atoms with Crippen LogP contribution in [0.1, 0.15) is 43.2 Å². The molecular weight excluding hydrogens is 318 g/mol. The van der Waals surface area contributed by atoms with Crippen molar-refractivity contribution >= 4 is 5.91 Å². The number of piperidine rings is 1. The molecule has 1 aliphatic rings. The van der Waals surface area contributed by atoms with Crippen molar-refractivity contribution in [2.45, 2.75) is 45.7 Å². The number of likely N-dealkylation sites (tertiary alicyclic amines) is 1. The van der Waals surface area contributed by atoms with Crippen LogP contribution in [0.25, 0.3) is 0 Å². The molecule has 3 rings (SSSR count). The van der Waals surface area contributed by atoms with Crippen LogP contribution in [-0.4, -0.2) is 61.8 Å². The van der Waals surface area contributed by atoms with Gasteiger partial charge in [0.15, 0.2) is 5.82 Å². The number of amides is 1. The molecule has 0 aromatic carbocycles. The lowest BCUT2D eigenvalue weighted by molar-refractivity contribution is -0.122. The first-order chi connectivity index (χ1) is 12.1. The number of likely N-dealkylation sites (N-methyl/N-ethyl adjacent to an activating group) is 1. The van der Waals surface area contributed by atoms with Crippen molar-refractivity contribution in [2.75, 3.05) is 26.7 Å². The summed E-state index contributed by atoms with van der Waals surface area (Å²) in [7, 11) is 1.68. The van der Waals surface area contributed by atoms with E-state index in [1.54, 1.807) is 7.05 Å². The van der Waals surface area contributed by atoms with Gasteiger partial charge < -0.3 is 14.5 Å². The Hall–Kier alpha value is -2.22. The smallest absolute Gasteiger partial charge is 0.233 e. The van der Waals surface area contributed by atoms with E-state index >= 15 is 0 Å². The largest absolute Gasteiger partial charge is 0.358 e. The summed E-state index contributed by atoms with van der Waals surface area (Å²) in [4.78, 5) is 18.0. The van der Waals surface area contributed by atoms with Gasteiger partial charge >= 0.3 is 0 Å². The maximum absolute atomic E-state index is 11.5. The lowest BCUT2D eigenvalue weighted by Crippen LogP contribution is -2.40. The molecule has 8 heteroatoms.